The van der Waals surface area contributed by atoms with Crippen LogP contribution < -0.4 is 16.6 Å². The van der Waals surface area contributed by atoms with Gasteiger partial charge in [0.1, 0.15) is 5.02 Å². The molecule has 29 heavy (non-hydrogen) atoms. The van der Waals surface area contributed by atoms with Crippen LogP contribution in [0.3, 0.4) is 0 Å². The summed E-state index contributed by atoms with van der Waals surface area (Å²) in [6, 6.07) is 8.06. The van der Waals surface area contributed by atoms with Gasteiger partial charge in [0.05, 0.1) is 12.1 Å². The van der Waals surface area contributed by atoms with Crippen molar-refractivity contribution in [1.82, 2.24) is 19.5 Å². The number of nitrogen functional groups attached to an aromatic ring is 1. The van der Waals surface area contributed by atoms with Crippen LogP contribution in [0.4, 0.5) is 30.8 Å². The van der Waals surface area contributed by atoms with E-state index in [2.05, 4.69) is 20.3 Å². The molecule has 2 heterocycles. The summed E-state index contributed by atoms with van der Waals surface area (Å²) in [7, 11) is 0. The SMILES string of the molecule is CCc1ccccc1Nc1nc(N)nc(Cn2cc(C(F)(F)F)cc(Cl)c2=O)n1. The zero-order valence-corrected chi connectivity index (χ0v) is 15.9. The highest BCUT2D eigenvalue weighted by Gasteiger charge is 2.32. The smallest absolute Gasteiger partial charge is 0.368 e. The fourth-order valence-electron chi connectivity index (χ4n) is 2.66. The molecule has 0 saturated carbocycles. The number of alkyl halides is 3. The summed E-state index contributed by atoms with van der Waals surface area (Å²) in [6.45, 7) is 1.62. The van der Waals surface area contributed by atoms with Gasteiger partial charge in [-0.05, 0) is 24.1 Å². The van der Waals surface area contributed by atoms with E-state index < -0.39 is 22.3 Å². The number of aryl methyl sites for hydroxylation is 1. The van der Waals surface area contributed by atoms with Crippen LogP contribution in [0.15, 0.2) is 41.3 Å². The Balaban J connectivity index is 1.95. The van der Waals surface area contributed by atoms with Crippen LogP contribution in [-0.4, -0.2) is 19.5 Å². The third kappa shape index (κ3) is 4.83. The lowest BCUT2D eigenvalue weighted by Crippen LogP contribution is -2.24. The third-order valence-electron chi connectivity index (χ3n) is 4.03. The number of rotatable bonds is 5. The van der Waals surface area contributed by atoms with E-state index in [-0.39, 0.29) is 24.3 Å². The largest absolute Gasteiger partial charge is 0.417 e. The molecule has 0 atom stereocenters. The first-order valence-corrected chi connectivity index (χ1v) is 8.87. The first-order chi connectivity index (χ1) is 13.7. The maximum Gasteiger partial charge on any atom is 0.417 e. The van der Waals surface area contributed by atoms with Gasteiger partial charge in [-0.1, -0.05) is 36.7 Å². The lowest BCUT2D eigenvalue weighted by atomic mass is 10.1. The van der Waals surface area contributed by atoms with Crippen LogP contribution in [0.1, 0.15) is 23.9 Å². The number of benzene rings is 1. The van der Waals surface area contributed by atoms with Crippen molar-refractivity contribution in [1.29, 1.82) is 0 Å². The molecule has 11 heteroatoms. The minimum Gasteiger partial charge on any atom is -0.368 e. The highest BCUT2D eigenvalue weighted by molar-refractivity contribution is 6.30. The molecular formula is C18H16ClF3N6O. The van der Waals surface area contributed by atoms with E-state index in [0.717, 1.165) is 22.2 Å². The molecule has 3 aromatic rings. The average molecular weight is 425 g/mol. The second-order valence-corrected chi connectivity index (χ2v) is 6.48. The van der Waals surface area contributed by atoms with Crippen LogP contribution in [0.5, 0.6) is 0 Å². The maximum atomic E-state index is 13.0. The number of pyridine rings is 1. The number of nitrogens with one attached hydrogen (secondary N) is 1. The predicted molar refractivity (Wildman–Crippen MR) is 103 cm³/mol. The molecule has 0 bridgehead atoms. The normalized spacial score (nSPS) is 11.5. The van der Waals surface area contributed by atoms with Crippen molar-refractivity contribution >= 4 is 29.2 Å². The van der Waals surface area contributed by atoms with E-state index in [0.29, 0.717) is 12.3 Å². The van der Waals surface area contributed by atoms with Gasteiger partial charge in [-0.15, -0.1) is 0 Å². The molecule has 1 aromatic carbocycles. The monoisotopic (exact) mass is 424 g/mol. The van der Waals surface area contributed by atoms with Gasteiger partial charge in [-0.2, -0.15) is 28.1 Å². The molecule has 0 radical (unpaired) electrons. The van der Waals surface area contributed by atoms with E-state index in [9.17, 15) is 18.0 Å². The van der Waals surface area contributed by atoms with Crippen LogP contribution >= 0.6 is 11.6 Å². The third-order valence-corrected chi connectivity index (χ3v) is 4.30. The van der Waals surface area contributed by atoms with E-state index in [1.807, 2.05) is 31.2 Å². The van der Waals surface area contributed by atoms with Crippen molar-refractivity contribution < 1.29 is 13.2 Å². The second-order valence-electron chi connectivity index (χ2n) is 6.08. The number of hydrogen-bond acceptors (Lipinski definition) is 6. The van der Waals surface area contributed by atoms with Crippen molar-refractivity contribution in [3.63, 3.8) is 0 Å². The molecule has 152 valence electrons. The zero-order valence-electron chi connectivity index (χ0n) is 15.2. The Kier molecular flexibility index (Phi) is 5.73. The lowest BCUT2D eigenvalue weighted by Gasteiger charge is -2.13. The Hall–Kier alpha value is -3.14. The molecule has 7 nitrogen and oxygen atoms in total. The summed E-state index contributed by atoms with van der Waals surface area (Å²) < 4.78 is 39.8. The highest BCUT2D eigenvalue weighted by Crippen LogP contribution is 2.29. The fourth-order valence-corrected chi connectivity index (χ4v) is 2.89. The van der Waals surface area contributed by atoms with Crippen molar-refractivity contribution in [2.75, 3.05) is 11.1 Å². The molecule has 2 aromatic heterocycles. The first kappa shape index (κ1) is 20.6. The van der Waals surface area contributed by atoms with Gasteiger partial charge in [0.15, 0.2) is 5.82 Å². The predicted octanol–water partition coefficient (Wildman–Crippen LogP) is 3.64. The maximum absolute atomic E-state index is 13.0. The molecule has 0 spiro atoms. The summed E-state index contributed by atoms with van der Waals surface area (Å²) >= 11 is 5.67. The van der Waals surface area contributed by atoms with Crippen molar-refractivity contribution in [3.05, 3.63) is 68.9 Å². The van der Waals surface area contributed by atoms with Crippen LogP contribution in [0.2, 0.25) is 5.02 Å². The van der Waals surface area contributed by atoms with E-state index in [1.165, 1.54) is 0 Å². The number of hydrogen-bond donors (Lipinski definition) is 2. The Labute approximate surface area is 168 Å². The van der Waals surface area contributed by atoms with Gasteiger partial charge in [0.25, 0.3) is 5.56 Å². The summed E-state index contributed by atoms with van der Waals surface area (Å²) in [5, 5.41) is 2.46. The zero-order chi connectivity index (χ0) is 21.2. The Morgan fingerprint density at radius 3 is 2.62 bits per heavy atom. The standard InChI is InChI=1S/C18H16ClF3N6O/c1-2-10-5-3-4-6-13(10)24-17-26-14(25-16(23)27-17)9-28-8-11(18(20,21)22)7-12(19)15(28)29/h3-8H,2,9H2,1H3,(H3,23,24,25,26,27). The van der Waals surface area contributed by atoms with Gasteiger partial charge >= 0.3 is 6.18 Å². The van der Waals surface area contributed by atoms with Crippen molar-refractivity contribution in [2.24, 2.45) is 0 Å². The minimum absolute atomic E-state index is 0.00599. The van der Waals surface area contributed by atoms with E-state index in [1.54, 1.807) is 0 Å². The number of nitrogens with two attached hydrogens (primary N) is 1. The fraction of sp³-hybridized carbons (Fsp3) is 0.222. The van der Waals surface area contributed by atoms with Crippen molar-refractivity contribution in [2.45, 2.75) is 26.1 Å². The Bertz CT molecular complexity index is 1100. The van der Waals surface area contributed by atoms with E-state index in [4.69, 9.17) is 17.3 Å². The van der Waals surface area contributed by atoms with Gasteiger partial charge in [0, 0.05) is 11.9 Å². The van der Waals surface area contributed by atoms with Gasteiger partial charge < -0.3 is 15.6 Å². The van der Waals surface area contributed by atoms with Crippen LogP contribution in [-0.2, 0) is 19.1 Å². The molecular weight excluding hydrogens is 409 g/mol. The molecule has 0 amide bonds. The molecule has 0 aliphatic carbocycles. The number of nitrogens with zero attached hydrogens (tertiary/aromatic N) is 4. The molecule has 3 N–H and O–H groups in total. The number of anilines is 3. The van der Waals surface area contributed by atoms with Crippen LogP contribution in [0.25, 0.3) is 0 Å². The average Bonchev–Trinajstić information content (AvgIpc) is 2.64. The summed E-state index contributed by atoms with van der Waals surface area (Å²) in [4.78, 5) is 24.2. The molecule has 0 saturated heterocycles. The van der Waals surface area contributed by atoms with Crippen molar-refractivity contribution in [3.8, 4) is 0 Å². The quantitative estimate of drug-likeness (QED) is 0.648. The molecule has 0 aliphatic rings. The van der Waals surface area contributed by atoms with E-state index >= 15 is 0 Å². The van der Waals surface area contributed by atoms with Gasteiger partial charge in [-0.3, -0.25) is 4.79 Å². The molecule has 0 unspecified atom stereocenters. The second kappa shape index (κ2) is 8.08. The number of aromatic nitrogens is 4. The minimum atomic E-state index is -4.66. The lowest BCUT2D eigenvalue weighted by molar-refractivity contribution is -0.138. The van der Waals surface area contributed by atoms with Crippen LogP contribution in [0, 0.1) is 0 Å². The molecule has 0 aliphatic heterocycles. The topological polar surface area (TPSA) is 98.7 Å². The van der Waals surface area contributed by atoms with Gasteiger partial charge in [0.2, 0.25) is 11.9 Å². The summed E-state index contributed by atoms with van der Waals surface area (Å²) in [5.41, 5.74) is 5.61. The Morgan fingerprint density at radius 1 is 1.21 bits per heavy atom. The highest BCUT2D eigenvalue weighted by atomic mass is 35.5. The first-order valence-electron chi connectivity index (χ1n) is 8.50. The summed E-state index contributed by atoms with van der Waals surface area (Å²) in [6.07, 6.45) is -3.24. The number of para-hydroxylation sites is 1. The Morgan fingerprint density at radius 2 is 1.93 bits per heavy atom. The molecule has 3 rings (SSSR count). The van der Waals surface area contributed by atoms with Gasteiger partial charge in [-0.25, -0.2) is 0 Å². The number of halogens is 4. The molecule has 0 fully saturated rings. The summed E-state index contributed by atoms with van der Waals surface area (Å²) in [5.74, 6) is -0.0244.